The maximum Gasteiger partial charge on any atom is 0.274 e. The first-order chi connectivity index (χ1) is 11.4. The molecule has 3 rings (SSSR count). The molecule has 0 spiro atoms. The van der Waals surface area contributed by atoms with Crippen LogP contribution in [0.15, 0.2) is 39.6 Å². The molecule has 0 fully saturated rings. The van der Waals surface area contributed by atoms with Crippen molar-refractivity contribution in [2.24, 2.45) is 7.05 Å². The number of rotatable bonds is 3. The van der Waals surface area contributed by atoms with Gasteiger partial charge in [-0.3, -0.25) is 19.4 Å². The van der Waals surface area contributed by atoms with Crippen molar-refractivity contribution in [1.29, 1.82) is 0 Å². The molecule has 124 valence electrons. The standard InChI is InChI=1S/C17H17BrN4O2/c1-9-7-13(14-15(19-9)22(3)21-17(14)24)16(23)20-10(2)11-5-4-6-12(18)8-11/h4-8,10H,1-3H3,(H,20,23)(H,21,24). The molecule has 0 saturated heterocycles. The number of pyridine rings is 1. The van der Waals surface area contributed by atoms with Crippen LogP contribution in [-0.2, 0) is 7.05 Å². The van der Waals surface area contributed by atoms with Crippen molar-refractivity contribution in [3.8, 4) is 0 Å². The van der Waals surface area contributed by atoms with E-state index in [1.54, 1.807) is 20.0 Å². The number of aromatic nitrogens is 3. The quantitative estimate of drug-likeness (QED) is 0.723. The summed E-state index contributed by atoms with van der Waals surface area (Å²) in [6.07, 6.45) is 0. The Balaban J connectivity index is 1.99. The number of aromatic amines is 1. The summed E-state index contributed by atoms with van der Waals surface area (Å²) < 4.78 is 2.47. The predicted octanol–water partition coefficient (Wildman–Crippen LogP) is 2.82. The van der Waals surface area contributed by atoms with Crippen molar-refractivity contribution in [2.45, 2.75) is 19.9 Å². The fourth-order valence-corrected chi connectivity index (χ4v) is 3.11. The predicted molar refractivity (Wildman–Crippen MR) is 96.1 cm³/mol. The van der Waals surface area contributed by atoms with Crippen LogP contribution in [0.1, 0.15) is 34.6 Å². The third-order valence-corrected chi connectivity index (χ3v) is 4.38. The first kappa shape index (κ1) is 16.4. The zero-order valence-electron chi connectivity index (χ0n) is 13.6. The van der Waals surface area contributed by atoms with Crippen molar-refractivity contribution in [3.63, 3.8) is 0 Å². The number of amides is 1. The number of halogens is 1. The minimum atomic E-state index is -0.319. The molecule has 0 bridgehead atoms. The second kappa shape index (κ2) is 6.24. The van der Waals surface area contributed by atoms with Crippen molar-refractivity contribution < 1.29 is 4.79 Å². The van der Waals surface area contributed by atoms with Crippen LogP contribution >= 0.6 is 15.9 Å². The number of H-pyrrole nitrogens is 1. The molecule has 0 aliphatic heterocycles. The molecule has 1 atom stereocenters. The van der Waals surface area contributed by atoms with E-state index in [1.165, 1.54) is 4.68 Å². The van der Waals surface area contributed by atoms with Gasteiger partial charge in [0.1, 0.15) is 0 Å². The average Bonchev–Trinajstić information content (AvgIpc) is 2.81. The lowest BCUT2D eigenvalue weighted by Crippen LogP contribution is -2.27. The second-order valence-corrected chi connectivity index (χ2v) is 6.68. The van der Waals surface area contributed by atoms with Gasteiger partial charge >= 0.3 is 0 Å². The molecule has 0 saturated carbocycles. The Labute approximate surface area is 147 Å². The molecule has 1 unspecified atom stereocenters. The van der Waals surface area contributed by atoms with E-state index in [9.17, 15) is 9.59 Å². The third-order valence-electron chi connectivity index (χ3n) is 3.88. The fourth-order valence-electron chi connectivity index (χ4n) is 2.70. The van der Waals surface area contributed by atoms with Crippen molar-refractivity contribution in [2.75, 3.05) is 0 Å². The summed E-state index contributed by atoms with van der Waals surface area (Å²) in [7, 11) is 1.70. The van der Waals surface area contributed by atoms with E-state index in [0.29, 0.717) is 22.3 Å². The molecule has 0 aliphatic carbocycles. The summed E-state index contributed by atoms with van der Waals surface area (Å²) >= 11 is 3.43. The van der Waals surface area contributed by atoms with Gasteiger partial charge in [0.05, 0.1) is 17.0 Å². The molecule has 0 radical (unpaired) electrons. The van der Waals surface area contributed by atoms with E-state index in [2.05, 4.69) is 31.3 Å². The molecular formula is C17H17BrN4O2. The lowest BCUT2D eigenvalue weighted by Gasteiger charge is -2.15. The van der Waals surface area contributed by atoms with Crippen LogP contribution in [0.2, 0.25) is 0 Å². The molecule has 2 N–H and O–H groups in total. The zero-order valence-corrected chi connectivity index (χ0v) is 15.1. The smallest absolute Gasteiger partial charge is 0.274 e. The van der Waals surface area contributed by atoms with Crippen LogP contribution < -0.4 is 10.9 Å². The van der Waals surface area contributed by atoms with Crippen LogP contribution in [-0.4, -0.2) is 20.7 Å². The van der Waals surface area contributed by atoms with Crippen LogP contribution in [0, 0.1) is 6.92 Å². The summed E-state index contributed by atoms with van der Waals surface area (Å²) in [4.78, 5) is 29.2. The van der Waals surface area contributed by atoms with Gasteiger partial charge in [0.25, 0.3) is 11.5 Å². The molecule has 6 nitrogen and oxygen atoms in total. The van der Waals surface area contributed by atoms with E-state index in [0.717, 1.165) is 10.0 Å². The van der Waals surface area contributed by atoms with Gasteiger partial charge in [-0.25, -0.2) is 4.98 Å². The minimum absolute atomic E-state index is 0.193. The molecule has 7 heteroatoms. The van der Waals surface area contributed by atoms with Gasteiger partial charge in [0, 0.05) is 17.2 Å². The largest absolute Gasteiger partial charge is 0.345 e. The van der Waals surface area contributed by atoms with Crippen LogP contribution in [0.5, 0.6) is 0 Å². The summed E-state index contributed by atoms with van der Waals surface area (Å²) in [5.74, 6) is -0.297. The lowest BCUT2D eigenvalue weighted by atomic mass is 10.1. The van der Waals surface area contributed by atoms with Gasteiger partial charge < -0.3 is 5.32 Å². The normalized spacial score (nSPS) is 12.3. The number of carbonyl (C=O) groups excluding carboxylic acids is 1. The van der Waals surface area contributed by atoms with Crippen LogP contribution in [0.3, 0.4) is 0 Å². The first-order valence-corrected chi connectivity index (χ1v) is 8.29. The van der Waals surface area contributed by atoms with Crippen molar-refractivity contribution in [1.82, 2.24) is 20.1 Å². The van der Waals surface area contributed by atoms with E-state index in [-0.39, 0.29) is 17.5 Å². The maximum absolute atomic E-state index is 12.7. The van der Waals surface area contributed by atoms with Gasteiger partial charge in [0.15, 0.2) is 5.65 Å². The Bertz CT molecular complexity index is 990. The fraction of sp³-hybridized carbons (Fsp3) is 0.235. The minimum Gasteiger partial charge on any atom is -0.345 e. The molecule has 1 aromatic carbocycles. The lowest BCUT2D eigenvalue weighted by molar-refractivity contribution is 0.0941. The summed E-state index contributed by atoms with van der Waals surface area (Å²) in [5, 5.41) is 5.90. The molecule has 2 heterocycles. The number of hydrogen-bond acceptors (Lipinski definition) is 3. The molecule has 0 aliphatic rings. The number of nitrogens with zero attached hydrogens (tertiary/aromatic N) is 2. The van der Waals surface area contributed by atoms with E-state index in [1.807, 2.05) is 31.2 Å². The molecule has 2 aromatic heterocycles. The highest BCUT2D eigenvalue weighted by Crippen LogP contribution is 2.20. The summed E-state index contributed by atoms with van der Waals surface area (Å²) in [6.45, 7) is 3.70. The number of aryl methyl sites for hydroxylation is 2. The number of fused-ring (bicyclic) bond motifs is 1. The van der Waals surface area contributed by atoms with Gasteiger partial charge in [-0.2, -0.15) is 0 Å². The Morgan fingerprint density at radius 1 is 1.38 bits per heavy atom. The summed E-state index contributed by atoms with van der Waals surface area (Å²) in [5.41, 5.74) is 2.14. The highest BCUT2D eigenvalue weighted by atomic mass is 79.9. The third kappa shape index (κ3) is 2.99. The molecule has 24 heavy (non-hydrogen) atoms. The molecule has 1 amide bonds. The zero-order chi connectivity index (χ0) is 17.4. The topological polar surface area (TPSA) is 79.8 Å². The number of carbonyl (C=O) groups is 1. The van der Waals surface area contributed by atoms with E-state index < -0.39 is 0 Å². The highest BCUT2D eigenvalue weighted by molar-refractivity contribution is 9.10. The van der Waals surface area contributed by atoms with E-state index >= 15 is 0 Å². The SMILES string of the molecule is Cc1cc(C(=O)NC(C)c2cccc(Br)c2)c2c(=O)[nH]n(C)c2n1. The Hall–Kier alpha value is -2.41. The van der Waals surface area contributed by atoms with Gasteiger partial charge in [-0.05, 0) is 37.6 Å². The van der Waals surface area contributed by atoms with Gasteiger partial charge in [-0.1, -0.05) is 28.1 Å². The van der Waals surface area contributed by atoms with Crippen LogP contribution in [0.25, 0.3) is 11.0 Å². The summed E-state index contributed by atoms with van der Waals surface area (Å²) in [6, 6.07) is 9.18. The average molecular weight is 389 g/mol. The second-order valence-electron chi connectivity index (χ2n) is 5.76. The van der Waals surface area contributed by atoms with Gasteiger partial charge in [0.2, 0.25) is 0 Å². The monoisotopic (exact) mass is 388 g/mol. The number of hydrogen-bond donors (Lipinski definition) is 2. The Morgan fingerprint density at radius 3 is 2.83 bits per heavy atom. The number of nitrogens with one attached hydrogen (secondary N) is 2. The van der Waals surface area contributed by atoms with Crippen molar-refractivity contribution >= 4 is 32.9 Å². The number of benzene rings is 1. The maximum atomic E-state index is 12.7. The molecule has 3 aromatic rings. The Kier molecular flexibility index (Phi) is 4.28. The van der Waals surface area contributed by atoms with Crippen molar-refractivity contribution in [3.05, 3.63) is 62.0 Å². The Morgan fingerprint density at radius 2 is 2.12 bits per heavy atom. The van der Waals surface area contributed by atoms with Crippen LogP contribution in [0.4, 0.5) is 0 Å². The first-order valence-electron chi connectivity index (χ1n) is 7.49. The molecular weight excluding hydrogens is 372 g/mol. The highest BCUT2D eigenvalue weighted by Gasteiger charge is 2.19. The van der Waals surface area contributed by atoms with Gasteiger partial charge in [-0.15, -0.1) is 0 Å². The van der Waals surface area contributed by atoms with E-state index in [4.69, 9.17) is 0 Å².